The van der Waals surface area contributed by atoms with Crippen LogP contribution in [0.5, 0.6) is 0 Å². The van der Waals surface area contributed by atoms with E-state index >= 15 is 0 Å². The van der Waals surface area contributed by atoms with Gasteiger partial charge in [-0.3, -0.25) is 10.1 Å². The van der Waals surface area contributed by atoms with E-state index in [-0.39, 0.29) is 35.5 Å². The molecular formula is C22H22N4O4S. The third-order valence-corrected chi connectivity index (χ3v) is 6.18. The molecule has 0 saturated heterocycles. The average Bonchev–Trinajstić information content (AvgIpc) is 3.22. The van der Waals surface area contributed by atoms with Gasteiger partial charge in [0.05, 0.1) is 4.90 Å². The summed E-state index contributed by atoms with van der Waals surface area (Å²) in [6.07, 6.45) is 3.00. The minimum atomic E-state index is -3.74. The largest absolute Gasteiger partial charge is 0.403 e. The van der Waals surface area contributed by atoms with Crippen LogP contribution in [0.2, 0.25) is 0 Å². The van der Waals surface area contributed by atoms with Gasteiger partial charge in [-0.1, -0.05) is 34.9 Å². The van der Waals surface area contributed by atoms with Gasteiger partial charge in [-0.05, 0) is 43.3 Å². The standard InChI is InChI=1S/C22H22N4O4S/c1-4-13-26(14-5-2)31(28,29)19-11-9-17(10-12-19)20(27)23-22-25-24-21(30-22)18-8-6-7-16(3)15-18/h4-12,15H,1-2,13-14H2,3H3,(H,23,25,27). The van der Waals surface area contributed by atoms with Gasteiger partial charge in [-0.25, -0.2) is 8.42 Å². The Morgan fingerprint density at radius 2 is 1.77 bits per heavy atom. The molecule has 8 nitrogen and oxygen atoms in total. The highest BCUT2D eigenvalue weighted by molar-refractivity contribution is 7.89. The van der Waals surface area contributed by atoms with Crippen LogP contribution >= 0.6 is 0 Å². The number of carbonyl (C=O) groups excluding carboxylic acids is 1. The quantitative estimate of drug-likeness (QED) is 0.511. The molecule has 1 heterocycles. The van der Waals surface area contributed by atoms with E-state index in [1.807, 2.05) is 31.2 Å². The zero-order valence-corrected chi connectivity index (χ0v) is 17.8. The zero-order chi connectivity index (χ0) is 22.4. The van der Waals surface area contributed by atoms with Crippen LogP contribution in [0.4, 0.5) is 6.01 Å². The molecule has 0 aliphatic heterocycles. The fourth-order valence-corrected chi connectivity index (χ4v) is 4.21. The third kappa shape index (κ3) is 5.14. The minimum Gasteiger partial charge on any atom is -0.403 e. The van der Waals surface area contributed by atoms with Gasteiger partial charge >= 0.3 is 6.01 Å². The second-order valence-corrected chi connectivity index (χ2v) is 8.60. The number of amides is 1. The van der Waals surface area contributed by atoms with E-state index in [9.17, 15) is 13.2 Å². The number of hydrogen-bond acceptors (Lipinski definition) is 6. The Bertz CT molecular complexity index is 1190. The Kier molecular flexibility index (Phi) is 6.78. The Hall–Kier alpha value is -3.56. The number of aromatic nitrogens is 2. The summed E-state index contributed by atoms with van der Waals surface area (Å²) in [5, 5.41) is 10.3. The van der Waals surface area contributed by atoms with Gasteiger partial charge in [-0.2, -0.15) is 4.31 Å². The predicted octanol–water partition coefficient (Wildman–Crippen LogP) is 3.66. The lowest BCUT2D eigenvalue weighted by Gasteiger charge is -2.19. The topological polar surface area (TPSA) is 105 Å². The maximum atomic E-state index is 12.7. The van der Waals surface area contributed by atoms with Gasteiger partial charge in [0.15, 0.2) is 0 Å². The van der Waals surface area contributed by atoms with E-state index in [2.05, 4.69) is 28.7 Å². The molecule has 0 radical (unpaired) electrons. The fourth-order valence-electron chi connectivity index (χ4n) is 2.82. The Labute approximate surface area is 181 Å². The lowest BCUT2D eigenvalue weighted by atomic mass is 10.1. The first-order valence-electron chi connectivity index (χ1n) is 9.39. The Morgan fingerprint density at radius 3 is 2.39 bits per heavy atom. The predicted molar refractivity (Wildman–Crippen MR) is 118 cm³/mol. The van der Waals surface area contributed by atoms with E-state index in [1.54, 1.807) is 0 Å². The smallest absolute Gasteiger partial charge is 0.322 e. The Balaban J connectivity index is 1.74. The van der Waals surface area contributed by atoms with Crippen LogP contribution in [0.25, 0.3) is 11.5 Å². The summed E-state index contributed by atoms with van der Waals surface area (Å²) in [5.41, 5.74) is 2.02. The first-order chi connectivity index (χ1) is 14.8. The SMILES string of the molecule is C=CCN(CC=C)S(=O)(=O)c1ccc(C(=O)Nc2nnc(-c3cccc(C)c3)o2)cc1. The normalized spacial score (nSPS) is 11.3. The highest BCUT2D eigenvalue weighted by atomic mass is 32.2. The van der Waals surface area contributed by atoms with Crippen LogP contribution in [0.3, 0.4) is 0 Å². The minimum absolute atomic E-state index is 0.0543. The summed E-state index contributed by atoms with van der Waals surface area (Å²) in [5.74, 6) is -0.220. The molecule has 0 saturated carbocycles. The van der Waals surface area contributed by atoms with E-state index in [0.717, 1.165) is 11.1 Å². The van der Waals surface area contributed by atoms with E-state index in [0.29, 0.717) is 0 Å². The molecule has 31 heavy (non-hydrogen) atoms. The van der Waals surface area contributed by atoms with Gasteiger partial charge in [0.25, 0.3) is 5.91 Å². The van der Waals surface area contributed by atoms with Crippen LogP contribution in [0, 0.1) is 6.92 Å². The average molecular weight is 439 g/mol. The van der Waals surface area contributed by atoms with Crippen LogP contribution in [0.15, 0.2) is 83.2 Å². The van der Waals surface area contributed by atoms with Gasteiger partial charge in [0, 0.05) is 24.2 Å². The van der Waals surface area contributed by atoms with Crippen molar-refractivity contribution in [2.45, 2.75) is 11.8 Å². The molecule has 1 aromatic heterocycles. The highest BCUT2D eigenvalue weighted by Crippen LogP contribution is 2.21. The van der Waals surface area contributed by atoms with Crippen molar-refractivity contribution < 1.29 is 17.6 Å². The fraction of sp³-hybridized carbons (Fsp3) is 0.136. The Morgan fingerprint density at radius 1 is 1.10 bits per heavy atom. The van der Waals surface area contributed by atoms with Crippen LogP contribution < -0.4 is 5.32 Å². The lowest BCUT2D eigenvalue weighted by molar-refractivity contribution is 0.102. The van der Waals surface area contributed by atoms with Crippen molar-refractivity contribution >= 4 is 21.9 Å². The second-order valence-electron chi connectivity index (χ2n) is 6.66. The summed E-state index contributed by atoms with van der Waals surface area (Å²) in [6, 6.07) is 13.0. The number of benzene rings is 2. The molecule has 0 aliphatic rings. The summed E-state index contributed by atoms with van der Waals surface area (Å²) >= 11 is 0. The monoisotopic (exact) mass is 438 g/mol. The van der Waals surface area contributed by atoms with Gasteiger partial charge in [0.1, 0.15) is 0 Å². The molecule has 1 amide bonds. The number of carbonyl (C=O) groups is 1. The first kappa shape index (κ1) is 22.1. The van der Waals surface area contributed by atoms with Crippen molar-refractivity contribution in [3.63, 3.8) is 0 Å². The van der Waals surface area contributed by atoms with Crippen molar-refractivity contribution in [3.05, 3.63) is 85.0 Å². The van der Waals surface area contributed by atoms with Gasteiger partial charge in [0.2, 0.25) is 15.9 Å². The first-order valence-corrected chi connectivity index (χ1v) is 10.8. The number of nitrogens with zero attached hydrogens (tertiary/aromatic N) is 3. The van der Waals surface area contributed by atoms with E-state index < -0.39 is 15.9 Å². The molecular weight excluding hydrogens is 416 g/mol. The summed E-state index contributed by atoms with van der Waals surface area (Å²) in [7, 11) is -3.74. The molecule has 0 fully saturated rings. The molecule has 9 heteroatoms. The van der Waals surface area contributed by atoms with Crippen LogP contribution in [-0.2, 0) is 10.0 Å². The number of aryl methyl sites for hydroxylation is 1. The summed E-state index contributed by atoms with van der Waals surface area (Å²) in [6.45, 7) is 9.40. The maximum Gasteiger partial charge on any atom is 0.322 e. The molecule has 1 N–H and O–H groups in total. The van der Waals surface area contributed by atoms with Gasteiger partial charge < -0.3 is 4.42 Å². The second kappa shape index (κ2) is 9.50. The van der Waals surface area contributed by atoms with Crippen LogP contribution in [-0.4, -0.2) is 41.9 Å². The number of sulfonamides is 1. The number of hydrogen-bond donors (Lipinski definition) is 1. The number of nitrogens with one attached hydrogen (secondary N) is 1. The number of rotatable bonds is 9. The molecule has 3 aromatic rings. The molecule has 3 rings (SSSR count). The number of anilines is 1. The summed E-state index contributed by atoms with van der Waals surface area (Å²) < 4.78 is 32.2. The molecule has 0 spiro atoms. The molecule has 2 aromatic carbocycles. The third-order valence-electron chi connectivity index (χ3n) is 4.33. The summed E-state index contributed by atoms with van der Waals surface area (Å²) in [4.78, 5) is 12.6. The molecule has 0 bridgehead atoms. The molecule has 0 aliphatic carbocycles. The molecule has 0 atom stereocenters. The van der Waals surface area contributed by atoms with Gasteiger partial charge in [-0.15, -0.1) is 18.3 Å². The van der Waals surface area contributed by atoms with Crippen molar-refractivity contribution in [1.29, 1.82) is 0 Å². The van der Waals surface area contributed by atoms with Crippen LogP contribution in [0.1, 0.15) is 15.9 Å². The lowest BCUT2D eigenvalue weighted by Crippen LogP contribution is -2.31. The van der Waals surface area contributed by atoms with Crippen molar-refractivity contribution in [2.75, 3.05) is 18.4 Å². The maximum absolute atomic E-state index is 12.7. The zero-order valence-electron chi connectivity index (χ0n) is 17.0. The van der Waals surface area contributed by atoms with Crippen molar-refractivity contribution in [2.24, 2.45) is 0 Å². The molecule has 0 unspecified atom stereocenters. The van der Waals surface area contributed by atoms with Crippen molar-refractivity contribution in [3.8, 4) is 11.5 Å². The molecule has 160 valence electrons. The highest BCUT2D eigenvalue weighted by Gasteiger charge is 2.23. The van der Waals surface area contributed by atoms with Crippen molar-refractivity contribution in [1.82, 2.24) is 14.5 Å². The van der Waals surface area contributed by atoms with E-state index in [4.69, 9.17) is 4.42 Å². The van der Waals surface area contributed by atoms with E-state index in [1.165, 1.54) is 40.7 Å².